The van der Waals surface area contributed by atoms with Gasteiger partial charge in [-0.1, -0.05) is 0 Å². The fourth-order valence-electron chi connectivity index (χ4n) is 2.54. The maximum atomic E-state index is 12.2. The molecule has 0 radical (unpaired) electrons. The molecule has 0 saturated carbocycles. The van der Waals surface area contributed by atoms with Gasteiger partial charge in [0.2, 0.25) is 5.91 Å². The molecule has 2 N–H and O–H groups in total. The largest absolute Gasteiger partial charge is 0.493 e. The van der Waals surface area contributed by atoms with Crippen molar-refractivity contribution in [3.8, 4) is 11.5 Å². The van der Waals surface area contributed by atoms with E-state index in [1.165, 1.54) is 0 Å². The second-order valence-electron chi connectivity index (χ2n) is 5.14. The molecule has 22 heavy (non-hydrogen) atoms. The van der Waals surface area contributed by atoms with Gasteiger partial charge >= 0.3 is 0 Å². The molecule has 1 heterocycles. The number of methoxy groups -OCH3 is 1. The Hall–Kier alpha value is -1.95. The van der Waals surface area contributed by atoms with E-state index in [0.717, 1.165) is 5.56 Å². The molecular formula is C16H24N2O4. The van der Waals surface area contributed by atoms with Crippen LogP contribution in [-0.2, 0) is 16.0 Å². The number of carbonyl (C=O) groups excluding carboxylic acids is 1. The van der Waals surface area contributed by atoms with Crippen molar-refractivity contribution < 1.29 is 19.0 Å². The van der Waals surface area contributed by atoms with Crippen LogP contribution in [0.4, 0.5) is 5.69 Å². The van der Waals surface area contributed by atoms with E-state index in [1.807, 2.05) is 17.9 Å². The molecular weight excluding hydrogens is 284 g/mol. The van der Waals surface area contributed by atoms with Gasteiger partial charge < -0.3 is 24.8 Å². The fraction of sp³-hybridized carbons (Fsp3) is 0.562. The van der Waals surface area contributed by atoms with Gasteiger partial charge in [0.1, 0.15) is 0 Å². The average Bonchev–Trinajstić information content (AvgIpc) is 2.55. The SMILES string of the molecule is CCOc1c(CCC(=O)N2CCOCC2)cc(N)cc1OC. The average molecular weight is 308 g/mol. The topological polar surface area (TPSA) is 74.0 Å². The number of amides is 1. The number of rotatable bonds is 6. The zero-order chi connectivity index (χ0) is 15.9. The van der Waals surface area contributed by atoms with Crippen LogP contribution >= 0.6 is 0 Å². The first-order valence-electron chi connectivity index (χ1n) is 7.60. The molecule has 122 valence electrons. The van der Waals surface area contributed by atoms with Gasteiger partial charge in [-0.3, -0.25) is 4.79 Å². The predicted molar refractivity (Wildman–Crippen MR) is 84.3 cm³/mol. The molecule has 0 bridgehead atoms. The van der Waals surface area contributed by atoms with E-state index < -0.39 is 0 Å². The van der Waals surface area contributed by atoms with Crippen LogP contribution in [0, 0.1) is 0 Å². The Labute approximate surface area is 131 Å². The van der Waals surface area contributed by atoms with Crippen LogP contribution in [0.2, 0.25) is 0 Å². The molecule has 6 nitrogen and oxygen atoms in total. The summed E-state index contributed by atoms with van der Waals surface area (Å²) < 4.78 is 16.3. The molecule has 1 aromatic rings. The van der Waals surface area contributed by atoms with Crippen LogP contribution in [0.1, 0.15) is 18.9 Å². The summed E-state index contributed by atoms with van der Waals surface area (Å²) in [5.41, 5.74) is 7.41. The lowest BCUT2D eigenvalue weighted by Gasteiger charge is -2.27. The highest BCUT2D eigenvalue weighted by atomic mass is 16.5. The van der Waals surface area contributed by atoms with Gasteiger partial charge in [-0.05, 0) is 19.4 Å². The molecule has 0 atom stereocenters. The summed E-state index contributed by atoms with van der Waals surface area (Å²) in [5, 5.41) is 0. The third-order valence-corrected chi connectivity index (χ3v) is 3.63. The molecule has 1 aliphatic heterocycles. The van der Waals surface area contributed by atoms with Gasteiger partial charge in [0.15, 0.2) is 11.5 Å². The number of benzene rings is 1. The van der Waals surface area contributed by atoms with Crippen LogP contribution < -0.4 is 15.2 Å². The third-order valence-electron chi connectivity index (χ3n) is 3.63. The van der Waals surface area contributed by atoms with Gasteiger partial charge in [0.25, 0.3) is 0 Å². The normalized spacial score (nSPS) is 14.7. The van der Waals surface area contributed by atoms with E-state index in [9.17, 15) is 4.79 Å². The minimum absolute atomic E-state index is 0.132. The van der Waals surface area contributed by atoms with Crippen LogP contribution in [0.15, 0.2) is 12.1 Å². The molecule has 1 saturated heterocycles. The second-order valence-corrected chi connectivity index (χ2v) is 5.14. The number of nitrogen functional groups attached to an aromatic ring is 1. The van der Waals surface area contributed by atoms with E-state index >= 15 is 0 Å². The van der Waals surface area contributed by atoms with E-state index in [2.05, 4.69) is 0 Å². The smallest absolute Gasteiger partial charge is 0.223 e. The Bertz CT molecular complexity index is 513. The van der Waals surface area contributed by atoms with E-state index in [1.54, 1.807) is 13.2 Å². The van der Waals surface area contributed by atoms with Crippen LogP contribution in [0.25, 0.3) is 0 Å². The lowest BCUT2D eigenvalue weighted by molar-refractivity contribution is -0.135. The Kier molecular flexibility index (Phi) is 5.89. The minimum atomic E-state index is 0.132. The Morgan fingerprint density at radius 1 is 1.36 bits per heavy atom. The van der Waals surface area contributed by atoms with Crippen LogP contribution in [0.3, 0.4) is 0 Å². The summed E-state index contributed by atoms with van der Waals surface area (Å²) in [4.78, 5) is 14.1. The maximum Gasteiger partial charge on any atom is 0.223 e. The van der Waals surface area contributed by atoms with Crippen molar-refractivity contribution in [2.24, 2.45) is 0 Å². The number of hydrogen-bond acceptors (Lipinski definition) is 5. The first-order chi connectivity index (χ1) is 10.7. The monoisotopic (exact) mass is 308 g/mol. The molecule has 1 aliphatic rings. The summed E-state index contributed by atoms with van der Waals surface area (Å²) in [6, 6.07) is 3.58. The maximum absolute atomic E-state index is 12.2. The molecule has 1 aromatic carbocycles. The highest BCUT2D eigenvalue weighted by Crippen LogP contribution is 2.34. The van der Waals surface area contributed by atoms with Crippen molar-refractivity contribution in [2.75, 3.05) is 45.8 Å². The van der Waals surface area contributed by atoms with E-state index in [0.29, 0.717) is 62.9 Å². The predicted octanol–water partition coefficient (Wildman–Crippen LogP) is 1.47. The summed E-state index contributed by atoms with van der Waals surface area (Å²) in [5.74, 6) is 1.41. The first kappa shape index (κ1) is 16.4. The number of ether oxygens (including phenoxy) is 3. The van der Waals surface area contributed by atoms with Crippen molar-refractivity contribution in [1.29, 1.82) is 0 Å². The van der Waals surface area contributed by atoms with Gasteiger partial charge in [0, 0.05) is 36.8 Å². The molecule has 0 unspecified atom stereocenters. The molecule has 6 heteroatoms. The molecule has 2 rings (SSSR count). The molecule has 0 aromatic heterocycles. The lowest BCUT2D eigenvalue weighted by atomic mass is 10.1. The highest BCUT2D eigenvalue weighted by molar-refractivity contribution is 5.76. The van der Waals surface area contributed by atoms with Gasteiger partial charge in [-0.25, -0.2) is 0 Å². The van der Waals surface area contributed by atoms with Crippen molar-refractivity contribution in [3.63, 3.8) is 0 Å². The Balaban J connectivity index is 2.07. The zero-order valence-electron chi connectivity index (χ0n) is 13.3. The van der Waals surface area contributed by atoms with Crippen molar-refractivity contribution in [3.05, 3.63) is 17.7 Å². The molecule has 1 fully saturated rings. The van der Waals surface area contributed by atoms with Crippen LogP contribution in [-0.4, -0.2) is 50.8 Å². The van der Waals surface area contributed by atoms with Crippen molar-refractivity contribution in [2.45, 2.75) is 19.8 Å². The van der Waals surface area contributed by atoms with Crippen LogP contribution in [0.5, 0.6) is 11.5 Å². The number of anilines is 1. The number of morpholine rings is 1. The van der Waals surface area contributed by atoms with Crippen molar-refractivity contribution >= 4 is 11.6 Å². The number of nitrogens with two attached hydrogens (primary N) is 1. The van der Waals surface area contributed by atoms with Crippen molar-refractivity contribution in [1.82, 2.24) is 4.90 Å². The lowest BCUT2D eigenvalue weighted by Crippen LogP contribution is -2.40. The van der Waals surface area contributed by atoms with E-state index in [4.69, 9.17) is 19.9 Å². The number of carbonyl (C=O) groups is 1. The molecule has 1 amide bonds. The first-order valence-corrected chi connectivity index (χ1v) is 7.60. The summed E-state index contributed by atoms with van der Waals surface area (Å²) in [6.07, 6.45) is 1.000. The molecule has 0 aliphatic carbocycles. The Morgan fingerprint density at radius 2 is 2.09 bits per heavy atom. The number of nitrogens with zero attached hydrogens (tertiary/aromatic N) is 1. The van der Waals surface area contributed by atoms with Gasteiger partial charge in [0.05, 0.1) is 26.9 Å². The standard InChI is InChI=1S/C16H24N2O4/c1-3-22-16-12(10-13(17)11-14(16)20-2)4-5-15(19)18-6-8-21-9-7-18/h10-11H,3-9,17H2,1-2H3. The number of hydrogen-bond donors (Lipinski definition) is 1. The summed E-state index contributed by atoms with van der Waals surface area (Å²) >= 11 is 0. The van der Waals surface area contributed by atoms with E-state index in [-0.39, 0.29) is 5.91 Å². The quantitative estimate of drug-likeness (QED) is 0.806. The Morgan fingerprint density at radius 3 is 2.73 bits per heavy atom. The number of aryl methyl sites for hydroxylation is 1. The van der Waals surface area contributed by atoms with Gasteiger partial charge in [-0.15, -0.1) is 0 Å². The highest BCUT2D eigenvalue weighted by Gasteiger charge is 2.18. The fourth-order valence-corrected chi connectivity index (χ4v) is 2.54. The summed E-state index contributed by atoms with van der Waals surface area (Å²) in [7, 11) is 1.58. The second kappa shape index (κ2) is 7.89. The summed E-state index contributed by atoms with van der Waals surface area (Å²) in [6.45, 7) is 5.00. The third kappa shape index (κ3) is 4.04. The van der Waals surface area contributed by atoms with Gasteiger partial charge in [-0.2, -0.15) is 0 Å². The zero-order valence-corrected chi connectivity index (χ0v) is 13.3. The molecule has 0 spiro atoms. The minimum Gasteiger partial charge on any atom is -0.493 e.